The number of nitrogens with two attached hydrogens (primary N) is 1. The Morgan fingerprint density at radius 1 is 1.26 bits per heavy atom. The van der Waals surface area contributed by atoms with Gasteiger partial charge in [0.15, 0.2) is 0 Å². The van der Waals surface area contributed by atoms with E-state index >= 15 is 0 Å². The lowest BCUT2D eigenvalue weighted by atomic mass is 9.97. The van der Waals surface area contributed by atoms with E-state index in [2.05, 4.69) is 4.72 Å². The van der Waals surface area contributed by atoms with Crippen molar-refractivity contribution >= 4 is 15.7 Å². The fraction of sp³-hybridized carbons (Fsp3) is 0.538. The van der Waals surface area contributed by atoms with Crippen LogP contribution in [-0.4, -0.2) is 26.2 Å². The first-order valence-electron chi connectivity index (χ1n) is 6.44. The molecule has 0 aliphatic carbocycles. The van der Waals surface area contributed by atoms with Gasteiger partial charge in [-0.05, 0) is 18.1 Å². The predicted molar refractivity (Wildman–Crippen MR) is 76.1 cm³/mol. The van der Waals surface area contributed by atoms with Gasteiger partial charge < -0.3 is 10.8 Å². The first-order valence-corrected chi connectivity index (χ1v) is 7.92. The maximum atomic E-state index is 12.1. The lowest BCUT2D eigenvalue weighted by molar-refractivity contribution is 0.107. The number of rotatable bonds is 7. The van der Waals surface area contributed by atoms with E-state index in [1.54, 1.807) is 12.1 Å². The Morgan fingerprint density at radius 3 is 2.37 bits per heavy atom. The summed E-state index contributed by atoms with van der Waals surface area (Å²) >= 11 is 0. The highest BCUT2D eigenvalue weighted by Crippen LogP contribution is 2.18. The summed E-state index contributed by atoms with van der Waals surface area (Å²) < 4.78 is 26.5. The van der Waals surface area contributed by atoms with E-state index in [1.165, 1.54) is 12.1 Å². The fourth-order valence-electron chi connectivity index (χ4n) is 2.00. The molecule has 4 N–H and O–H groups in total. The molecule has 0 heterocycles. The van der Waals surface area contributed by atoms with Crippen LogP contribution in [0.15, 0.2) is 29.2 Å². The van der Waals surface area contributed by atoms with Crippen molar-refractivity contribution in [2.24, 2.45) is 5.92 Å². The molecule has 1 unspecified atom stereocenters. The van der Waals surface area contributed by atoms with E-state index in [-0.39, 0.29) is 23.0 Å². The van der Waals surface area contributed by atoms with E-state index in [4.69, 9.17) is 5.73 Å². The van der Waals surface area contributed by atoms with E-state index in [9.17, 15) is 13.5 Å². The minimum absolute atomic E-state index is 0.00299. The van der Waals surface area contributed by atoms with Crippen molar-refractivity contribution in [2.45, 2.75) is 37.7 Å². The average molecular weight is 286 g/mol. The summed E-state index contributed by atoms with van der Waals surface area (Å²) in [5.41, 5.74) is 5.84. The first kappa shape index (κ1) is 15.9. The molecule has 0 radical (unpaired) electrons. The summed E-state index contributed by atoms with van der Waals surface area (Å²) in [6.07, 6.45) is 0.939. The minimum atomic E-state index is -3.67. The maximum Gasteiger partial charge on any atom is 0.242 e. The fourth-order valence-corrected chi connectivity index (χ4v) is 3.18. The van der Waals surface area contributed by atoms with Gasteiger partial charge in [-0.15, -0.1) is 0 Å². The summed E-state index contributed by atoms with van der Waals surface area (Å²) in [5.74, 6) is 0.0934. The summed E-state index contributed by atoms with van der Waals surface area (Å²) in [5, 5.41) is 9.93. The maximum absolute atomic E-state index is 12.1. The van der Waals surface area contributed by atoms with Crippen molar-refractivity contribution < 1.29 is 13.5 Å². The molecule has 0 saturated carbocycles. The van der Waals surface area contributed by atoms with Gasteiger partial charge in [-0.1, -0.05) is 38.8 Å². The van der Waals surface area contributed by atoms with Gasteiger partial charge in [0.1, 0.15) is 4.90 Å². The molecule has 1 atom stereocenters. The Bertz CT molecular complexity index is 498. The number of benzene rings is 1. The molecular formula is C13H22N2O3S. The second-order valence-electron chi connectivity index (χ2n) is 4.53. The molecular weight excluding hydrogens is 264 g/mol. The number of anilines is 1. The van der Waals surface area contributed by atoms with E-state index in [0.717, 1.165) is 12.8 Å². The van der Waals surface area contributed by atoms with Crippen LogP contribution in [0.4, 0.5) is 5.69 Å². The number of sulfonamides is 1. The molecule has 0 saturated heterocycles. The second kappa shape index (κ2) is 6.88. The monoisotopic (exact) mass is 286 g/mol. The Labute approximate surface area is 114 Å². The van der Waals surface area contributed by atoms with Crippen LogP contribution in [0.5, 0.6) is 0 Å². The van der Waals surface area contributed by atoms with E-state index < -0.39 is 16.1 Å². The molecule has 0 aliphatic rings. The van der Waals surface area contributed by atoms with Crippen LogP contribution in [0.2, 0.25) is 0 Å². The van der Waals surface area contributed by atoms with Crippen LogP contribution in [0.25, 0.3) is 0 Å². The van der Waals surface area contributed by atoms with Gasteiger partial charge in [0.05, 0.1) is 11.8 Å². The zero-order valence-electron chi connectivity index (χ0n) is 11.3. The van der Waals surface area contributed by atoms with Gasteiger partial charge in [-0.25, -0.2) is 13.1 Å². The summed E-state index contributed by atoms with van der Waals surface area (Å²) in [6.45, 7) is 3.95. The lowest BCUT2D eigenvalue weighted by Gasteiger charge is -2.20. The van der Waals surface area contributed by atoms with Crippen molar-refractivity contribution in [3.63, 3.8) is 0 Å². The van der Waals surface area contributed by atoms with Crippen molar-refractivity contribution in [2.75, 3.05) is 12.3 Å². The van der Waals surface area contributed by atoms with Gasteiger partial charge in [-0.3, -0.25) is 0 Å². The largest absolute Gasteiger partial charge is 0.398 e. The number of hydrogen-bond donors (Lipinski definition) is 3. The molecule has 5 nitrogen and oxygen atoms in total. The molecule has 1 aromatic carbocycles. The highest BCUT2D eigenvalue weighted by molar-refractivity contribution is 7.89. The standard InChI is InChI=1S/C13H22N2O3S/c1-3-10(4-2)12(16)9-15-19(17,18)13-8-6-5-7-11(13)14/h5-8,10,12,15-16H,3-4,9,14H2,1-2H3. The molecule has 108 valence electrons. The highest BCUT2D eigenvalue weighted by atomic mass is 32.2. The van der Waals surface area contributed by atoms with Crippen molar-refractivity contribution in [3.05, 3.63) is 24.3 Å². The van der Waals surface area contributed by atoms with Crippen LogP contribution in [0, 0.1) is 5.92 Å². The molecule has 1 rings (SSSR count). The number of aliphatic hydroxyl groups excluding tert-OH is 1. The number of nitrogen functional groups attached to an aromatic ring is 1. The minimum Gasteiger partial charge on any atom is -0.398 e. The average Bonchev–Trinajstić information content (AvgIpc) is 2.38. The zero-order valence-corrected chi connectivity index (χ0v) is 12.2. The third-order valence-electron chi connectivity index (χ3n) is 3.28. The Kier molecular flexibility index (Phi) is 5.78. The Hall–Kier alpha value is -1.11. The van der Waals surface area contributed by atoms with Crippen molar-refractivity contribution in [1.29, 1.82) is 0 Å². The predicted octanol–water partition coefficient (Wildman–Crippen LogP) is 1.34. The topological polar surface area (TPSA) is 92.4 Å². The third kappa shape index (κ3) is 4.19. The smallest absolute Gasteiger partial charge is 0.242 e. The number of nitrogens with one attached hydrogen (secondary N) is 1. The highest BCUT2D eigenvalue weighted by Gasteiger charge is 2.21. The molecule has 0 aliphatic heterocycles. The molecule has 1 aromatic rings. The van der Waals surface area contributed by atoms with E-state index in [0.29, 0.717) is 0 Å². The van der Waals surface area contributed by atoms with Crippen molar-refractivity contribution in [3.8, 4) is 0 Å². The molecule has 0 fully saturated rings. The van der Waals surface area contributed by atoms with Crippen LogP contribution in [-0.2, 0) is 10.0 Å². The zero-order chi connectivity index (χ0) is 14.5. The van der Waals surface area contributed by atoms with E-state index in [1.807, 2.05) is 13.8 Å². The molecule has 6 heteroatoms. The van der Waals surface area contributed by atoms with Gasteiger partial charge >= 0.3 is 0 Å². The van der Waals surface area contributed by atoms with Gasteiger partial charge in [-0.2, -0.15) is 0 Å². The Balaban J connectivity index is 2.74. The van der Waals surface area contributed by atoms with Crippen molar-refractivity contribution in [1.82, 2.24) is 4.72 Å². The summed E-state index contributed by atoms with van der Waals surface area (Å²) in [7, 11) is -3.67. The molecule has 0 aromatic heterocycles. The Morgan fingerprint density at radius 2 is 1.84 bits per heavy atom. The van der Waals surface area contributed by atoms with Crippen LogP contribution >= 0.6 is 0 Å². The van der Waals surface area contributed by atoms with Gasteiger partial charge in [0.2, 0.25) is 10.0 Å². The number of hydrogen-bond acceptors (Lipinski definition) is 4. The molecule has 19 heavy (non-hydrogen) atoms. The first-order chi connectivity index (χ1) is 8.92. The molecule has 0 bridgehead atoms. The summed E-state index contributed by atoms with van der Waals surface area (Å²) in [6, 6.07) is 6.27. The summed E-state index contributed by atoms with van der Waals surface area (Å²) in [4.78, 5) is 0.0479. The second-order valence-corrected chi connectivity index (χ2v) is 6.27. The van der Waals surface area contributed by atoms with Crippen LogP contribution in [0.3, 0.4) is 0 Å². The molecule has 0 spiro atoms. The van der Waals surface area contributed by atoms with Crippen LogP contribution < -0.4 is 10.5 Å². The SMILES string of the molecule is CCC(CC)C(O)CNS(=O)(=O)c1ccccc1N. The quantitative estimate of drug-likeness (QED) is 0.660. The number of para-hydroxylation sites is 1. The normalized spacial score (nSPS) is 13.7. The number of aliphatic hydroxyl groups is 1. The lowest BCUT2D eigenvalue weighted by Crippen LogP contribution is -2.36. The van der Waals surface area contributed by atoms with Gasteiger partial charge in [0, 0.05) is 6.54 Å². The third-order valence-corrected chi connectivity index (χ3v) is 4.78. The molecule has 0 amide bonds. The van der Waals surface area contributed by atoms with Crippen LogP contribution in [0.1, 0.15) is 26.7 Å². The van der Waals surface area contributed by atoms with Gasteiger partial charge in [0.25, 0.3) is 0 Å².